The van der Waals surface area contributed by atoms with E-state index < -0.39 is 15.9 Å². The fourth-order valence-corrected chi connectivity index (χ4v) is 4.21. The molecule has 150 valence electrons. The summed E-state index contributed by atoms with van der Waals surface area (Å²) in [5.74, 6) is -0.887. The van der Waals surface area contributed by atoms with Gasteiger partial charge in [0, 0.05) is 24.3 Å². The molecular formula is C20H25N3O4S. The van der Waals surface area contributed by atoms with Gasteiger partial charge in [-0.3, -0.25) is 9.59 Å². The molecule has 0 spiro atoms. The van der Waals surface area contributed by atoms with Crippen LogP contribution in [0, 0.1) is 6.92 Å². The molecule has 0 aromatic heterocycles. The van der Waals surface area contributed by atoms with Crippen LogP contribution in [0.4, 0.5) is 5.69 Å². The third-order valence-corrected chi connectivity index (χ3v) is 6.20. The van der Waals surface area contributed by atoms with Crippen LogP contribution >= 0.6 is 0 Å². The monoisotopic (exact) mass is 403 g/mol. The summed E-state index contributed by atoms with van der Waals surface area (Å²) in [5, 5.41) is 5.21. The molecule has 0 aliphatic carbocycles. The van der Waals surface area contributed by atoms with Gasteiger partial charge >= 0.3 is 0 Å². The van der Waals surface area contributed by atoms with Crippen molar-refractivity contribution < 1.29 is 18.0 Å². The van der Waals surface area contributed by atoms with Gasteiger partial charge in [0.1, 0.15) is 0 Å². The zero-order valence-corrected chi connectivity index (χ0v) is 17.0. The van der Waals surface area contributed by atoms with Gasteiger partial charge in [-0.15, -0.1) is 0 Å². The first kappa shape index (κ1) is 21.6. The van der Waals surface area contributed by atoms with Crippen LogP contribution in [0.2, 0.25) is 0 Å². The van der Waals surface area contributed by atoms with Gasteiger partial charge in [-0.2, -0.15) is 4.31 Å². The fourth-order valence-electron chi connectivity index (χ4n) is 2.70. The maximum absolute atomic E-state index is 12.6. The molecule has 2 aromatic rings. The first-order valence-electron chi connectivity index (χ1n) is 9.02. The highest BCUT2D eigenvalue weighted by atomic mass is 32.2. The first-order chi connectivity index (χ1) is 13.3. The van der Waals surface area contributed by atoms with E-state index in [1.807, 2.05) is 25.1 Å². The van der Waals surface area contributed by atoms with Crippen LogP contribution in [0.3, 0.4) is 0 Å². The minimum Gasteiger partial charge on any atom is -0.343 e. The van der Waals surface area contributed by atoms with Gasteiger partial charge in [0.25, 0.3) is 5.91 Å². The van der Waals surface area contributed by atoms with Gasteiger partial charge in [0.2, 0.25) is 15.9 Å². The first-order valence-corrected chi connectivity index (χ1v) is 10.5. The van der Waals surface area contributed by atoms with E-state index in [1.165, 1.54) is 28.6 Å². The van der Waals surface area contributed by atoms with Gasteiger partial charge in [0.05, 0.1) is 11.4 Å². The number of carbonyl (C=O) groups is 2. The highest BCUT2D eigenvalue weighted by Crippen LogP contribution is 2.17. The number of benzene rings is 2. The quantitative estimate of drug-likeness (QED) is 0.707. The molecule has 7 nitrogen and oxygen atoms in total. The van der Waals surface area contributed by atoms with Crippen molar-refractivity contribution in [1.29, 1.82) is 0 Å². The molecule has 0 saturated carbocycles. The number of sulfonamides is 1. The number of amides is 2. The lowest BCUT2D eigenvalue weighted by molar-refractivity contribution is -0.115. The molecule has 2 amide bonds. The normalized spacial score (nSPS) is 11.3. The Bertz CT molecular complexity index is 953. The van der Waals surface area contributed by atoms with Gasteiger partial charge in [-0.25, -0.2) is 8.42 Å². The third kappa shape index (κ3) is 5.40. The van der Waals surface area contributed by atoms with Crippen LogP contribution in [0.5, 0.6) is 0 Å². The molecule has 0 heterocycles. The van der Waals surface area contributed by atoms with Gasteiger partial charge < -0.3 is 10.6 Å². The minimum atomic E-state index is -3.66. The summed E-state index contributed by atoms with van der Waals surface area (Å²) >= 11 is 0. The average Bonchev–Trinajstić information content (AvgIpc) is 2.67. The molecule has 2 N–H and O–H groups in total. The third-order valence-electron chi connectivity index (χ3n) is 4.15. The van der Waals surface area contributed by atoms with Crippen LogP contribution in [-0.4, -0.2) is 44.2 Å². The van der Waals surface area contributed by atoms with Crippen LogP contribution < -0.4 is 10.6 Å². The summed E-state index contributed by atoms with van der Waals surface area (Å²) in [4.78, 5) is 24.4. The number of anilines is 1. The highest BCUT2D eigenvalue weighted by molar-refractivity contribution is 7.89. The maximum Gasteiger partial charge on any atom is 0.251 e. The van der Waals surface area contributed by atoms with E-state index in [-0.39, 0.29) is 22.9 Å². The van der Waals surface area contributed by atoms with Crippen LogP contribution in [0.1, 0.15) is 29.8 Å². The van der Waals surface area contributed by atoms with E-state index in [9.17, 15) is 18.0 Å². The molecule has 0 atom stereocenters. The molecule has 0 saturated heterocycles. The standard InChI is InChI=1S/C20H25N3O4S/c1-4-23(5-2)28(26,27)18-11-7-9-16(13-18)20(25)21-14-19(24)22-17-10-6-8-15(3)12-17/h6-13H,4-5,14H2,1-3H3,(H,21,25)(H,22,24). The Labute approximate surface area is 165 Å². The predicted octanol–water partition coefficient (Wildman–Crippen LogP) is 2.39. The van der Waals surface area contributed by atoms with Crippen LogP contribution in [-0.2, 0) is 14.8 Å². The fraction of sp³-hybridized carbons (Fsp3) is 0.300. The molecule has 0 aliphatic rings. The van der Waals surface area contributed by atoms with Crippen molar-refractivity contribution in [2.24, 2.45) is 0 Å². The molecule has 2 aromatic carbocycles. The largest absolute Gasteiger partial charge is 0.343 e. The Hall–Kier alpha value is -2.71. The van der Waals surface area contributed by atoms with Crippen molar-refractivity contribution in [3.05, 3.63) is 59.7 Å². The molecule has 2 rings (SSSR count). The van der Waals surface area contributed by atoms with E-state index >= 15 is 0 Å². The number of hydrogen-bond acceptors (Lipinski definition) is 4. The number of carbonyl (C=O) groups excluding carboxylic acids is 2. The molecule has 0 bridgehead atoms. The summed E-state index contributed by atoms with van der Waals surface area (Å²) in [7, 11) is -3.66. The summed E-state index contributed by atoms with van der Waals surface area (Å²) in [5.41, 5.74) is 1.83. The van der Waals surface area contributed by atoms with E-state index in [0.717, 1.165) is 5.56 Å². The van der Waals surface area contributed by atoms with Crippen molar-refractivity contribution in [1.82, 2.24) is 9.62 Å². The molecule has 28 heavy (non-hydrogen) atoms. The summed E-state index contributed by atoms with van der Waals surface area (Å²) < 4.78 is 26.5. The van der Waals surface area contributed by atoms with Crippen molar-refractivity contribution in [3.63, 3.8) is 0 Å². The Morgan fingerprint density at radius 1 is 1.00 bits per heavy atom. The van der Waals surface area contributed by atoms with Gasteiger partial charge in [-0.05, 0) is 42.8 Å². The van der Waals surface area contributed by atoms with Crippen molar-refractivity contribution in [3.8, 4) is 0 Å². The lowest BCUT2D eigenvalue weighted by Crippen LogP contribution is -2.33. The predicted molar refractivity (Wildman–Crippen MR) is 109 cm³/mol. The van der Waals surface area contributed by atoms with Crippen molar-refractivity contribution in [2.75, 3.05) is 25.0 Å². The average molecular weight is 404 g/mol. The number of nitrogens with one attached hydrogen (secondary N) is 2. The van der Waals surface area contributed by atoms with Gasteiger partial charge in [0.15, 0.2) is 0 Å². The Kier molecular flexibility index (Phi) is 7.31. The topological polar surface area (TPSA) is 95.6 Å². The van der Waals surface area contributed by atoms with E-state index in [0.29, 0.717) is 18.8 Å². The number of nitrogens with zero attached hydrogens (tertiary/aromatic N) is 1. The van der Waals surface area contributed by atoms with Crippen molar-refractivity contribution >= 4 is 27.5 Å². The van der Waals surface area contributed by atoms with Crippen LogP contribution in [0.25, 0.3) is 0 Å². The number of aryl methyl sites for hydroxylation is 1. The summed E-state index contributed by atoms with van der Waals surface area (Å²) in [6, 6.07) is 13.1. The zero-order valence-electron chi connectivity index (χ0n) is 16.2. The SMILES string of the molecule is CCN(CC)S(=O)(=O)c1cccc(C(=O)NCC(=O)Nc2cccc(C)c2)c1. The second kappa shape index (κ2) is 9.48. The molecule has 8 heteroatoms. The van der Waals surface area contributed by atoms with E-state index in [4.69, 9.17) is 0 Å². The van der Waals surface area contributed by atoms with Crippen molar-refractivity contribution in [2.45, 2.75) is 25.7 Å². The van der Waals surface area contributed by atoms with Gasteiger partial charge in [-0.1, -0.05) is 32.0 Å². The smallest absolute Gasteiger partial charge is 0.251 e. The number of rotatable bonds is 8. The summed E-state index contributed by atoms with van der Waals surface area (Å²) in [6.07, 6.45) is 0. The second-order valence-corrected chi connectivity index (χ2v) is 8.16. The van der Waals surface area contributed by atoms with Crippen LogP contribution in [0.15, 0.2) is 53.4 Å². The second-order valence-electron chi connectivity index (χ2n) is 6.22. The van der Waals surface area contributed by atoms with E-state index in [2.05, 4.69) is 10.6 Å². The zero-order chi connectivity index (χ0) is 20.7. The Morgan fingerprint density at radius 3 is 2.32 bits per heavy atom. The molecule has 0 unspecified atom stereocenters. The molecular weight excluding hydrogens is 378 g/mol. The molecule has 0 radical (unpaired) electrons. The lowest BCUT2D eigenvalue weighted by atomic mass is 10.2. The summed E-state index contributed by atoms with van der Waals surface area (Å²) in [6.45, 7) is 5.88. The number of hydrogen-bond donors (Lipinski definition) is 2. The Balaban J connectivity index is 2.04. The lowest BCUT2D eigenvalue weighted by Gasteiger charge is -2.18. The minimum absolute atomic E-state index is 0.0491. The molecule has 0 aliphatic heterocycles. The Morgan fingerprint density at radius 2 is 1.68 bits per heavy atom. The van der Waals surface area contributed by atoms with E-state index in [1.54, 1.807) is 19.9 Å². The molecule has 0 fully saturated rings. The highest BCUT2D eigenvalue weighted by Gasteiger charge is 2.22. The maximum atomic E-state index is 12.6.